The number of likely N-dealkylation sites (tertiary alicyclic amines) is 1. The van der Waals surface area contributed by atoms with E-state index in [1.807, 2.05) is 6.92 Å². The van der Waals surface area contributed by atoms with E-state index in [1.54, 1.807) is 32.9 Å². The van der Waals surface area contributed by atoms with Gasteiger partial charge >= 0.3 is 12.1 Å². The maximum atomic E-state index is 12.6. The monoisotopic (exact) mass is 443 g/mol. The summed E-state index contributed by atoms with van der Waals surface area (Å²) in [6, 6.07) is 5.48. The fraction of sp³-hybridized carbons (Fsp3) is 0.600. The van der Waals surface area contributed by atoms with E-state index >= 15 is 0 Å². The van der Waals surface area contributed by atoms with Crippen molar-refractivity contribution in [2.45, 2.75) is 69.5 Å². The minimum Gasteiger partial charge on any atom is -0.458 e. The van der Waals surface area contributed by atoms with Crippen LogP contribution in [0.1, 0.15) is 34.7 Å². The lowest BCUT2D eigenvalue weighted by molar-refractivity contribution is -0.152. The molecular weight excluding hydrogens is 414 g/mol. The zero-order valence-electron chi connectivity index (χ0n) is 17.7. The van der Waals surface area contributed by atoms with Gasteiger partial charge in [-0.05, 0) is 39.8 Å². The molecule has 9 nitrogen and oxygen atoms in total. The second kappa shape index (κ2) is 8.16. The highest BCUT2D eigenvalue weighted by atomic mass is 32.2. The van der Waals surface area contributed by atoms with Gasteiger partial charge < -0.3 is 14.2 Å². The average Bonchev–Trinajstić information content (AvgIpc) is 3.27. The van der Waals surface area contributed by atoms with Crippen LogP contribution in [0.15, 0.2) is 29.2 Å². The standard InChI is InChI=1S/C20H27NO8S.H2/c1-12-6-8-14(9-7-12)30(24,25)26-11-16(27-13(2)22)17-18-15(28-18)10-21(17)19(23)29-20(3,4)5;/h6-9,15-18H,10-11H2,1-5H3;1H/t15-,16-,17?,18-;/m1./s1. The topological polar surface area (TPSA) is 112 Å². The van der Waals surface area contributed by atoms with E-state index in [1.165, 1.54) is 24.0 Å². The van der Waals surface area contributed by atoms with Gasteiger partial charge in [-0.2, -0.15) is 8.42 Å². The predicted octanol–water partition coefficient (Wildman–Crippen LogP) is 2.26. The molecule has 1 aromatic rings. The first-order valence-electron chi connectivity index (χ1n) is 9.66. The number of hydrogen-bond acceptors (Lipinski definition) is 8. The maximum absolute atomic E-state index is 12.6. The van der Waals surface area contributed by atoms with Crippen LogP contribution in [0.4, 0.5) is 4.79 Å². The summed E-state index contributed by atoms with van der Waals surface area (Å²) in [6.45, 7) is 8.10. The van der Waals surface area contributed by atoms with Crippen LogP contribution in [0.3, 0.4) is 0 Å². The molecule has 2 heterocycles. The number of esters is 1. The molecule has 0 aliphatic carbocycles. The second-order valence-corrected chi connectivity index (χ2v) is 10.1. The van der Waals surface area contributed by atoms with Crippen LogP contribution >= 0.6 is 0 Å². The summed E-state index contributed by atoms with van der Waals surface area (Å²) >= 11 is 0. The van der Waals surface area contributed by atoms with Gasteiger partial charge in [0, 0.05) is 8.35 Å². The highest BCUT2D eigenvalue weighted by Gasteiger charge is 2.60. The fourth-order valence-corrected chi connectivity index (χ4v) is 4.29. The highest BCUT2D eigenvalue weighted by molar-refractivity contribution is 7.86. The summed E-state index contributed by atoms with van der Waals surface area (Å²) < 4.78 is 46.6. The van der Waals surface area contributed by atoms with Crippen molar-refractivity contribution in [2.75, 3.05) is 13.2 Å². The number of epoxide rings is 1. The fourth-order valence-electron chi connectivity index (χ4n) is 3.37. The molecule has 0 bridgehead atoms. The molecule has 168 valence electrons. The molecule has 30 heavy (non-hydrogen) atoms. The summed E-state index contributed by atoms with van der Waals surface area (Å²) in [4.78, 5) is 25.7. The smallest absolute Gasteiger partial charge is 0.410 e. The zero-order chi connectivity index (χ0) is 22.3. The van der Waals surface area contributed by atoms with Crippen molar-refractivity contribution in [2.24, 2.45) is 0 Å². The Morgan fingerprint density at radius 3 is 2.47 bits per heavy atom. The number of benzene rings is 1. The van der Waals surface area contributed by atoms with Gasteiger partial charge in [0.2, 0.25) is 0 Å². The Kier molecular flexibility index (Phi) is 6.13. The molecule has 4 atom stereocenters. The number of morpholine rings is 1. The number of hydrogen-bond donors (Lipinski definition) is 0. The molecule has 0 saturated carbocycles. The van der Waals surface area contributed by atoms with Crippen molar-refractivity contribution in [3.05, 3.63) is 29.8 Å². The van der Waals surface area contributed by atoms with E-state index in [4.69, 9.17) is 18.4 Å². The van der Waals surface area contributed by atoms with Gasteiger partial charge in [0.25, 0.3) is 10.1 Å². The van der Waals surface area contributed by atoms with Crippen molar-refractivity contribution in [3.63, 3.8) is 0 Å². The van der Waals surface area contributed by atoms with E-state index in [0.717, 1.165) is 5.56 Å². The van der Waals surface area contributed by atoms with Gasteiger partial charge in [-0.3, -0.25) is 13.9 Å². The largest absolute Gasteiger partial charge is 0.458 e. The first-order chi connectivity index (χ1) is 13.9. The van der Waals surface area contributed by atoms with Crippen molar-refractivity contribution in [1.82, 2.24) is 4.90 Å². The number of carbonyl (C=O) groups excluding carboxylic acids is 2. The number of ether oxygens (including phenoxy) is 3. The number of aryl methyl sites for hydroxylation is 1. The summed E-state index contributed by atoms with van der Waals surface area (Å²) in [5, 5.41) is 0. The van der Waals surface area contributed by atoms with Crippen molar-refractivity contribution in [3.8, 4) is 0 Å². The minimum absolute atomic E-state index is 0. The van der Waals surface area contributed by atoms with E-state index in [9.17, 15) is 18.0 Å². The van der Waals surface area contributed by atoms with Crippen LogP contribution in [0.5, 0.6) is 0 Å². The Balaban J connectivity index is 0.00000341. The molecule has 2 fully saturated rings. The lowest BCUT2D eigenvalue weighted by Crippen LogP contribution is -2.51. The van der Waals surface area contributed by atoms with Crippen LogP contribution in [-0.4, -0.2) is 68.5 Å². The molecule has 0 spiro atoms. The molecule has 10 heteroatoms. The molecule has 2 aliphatic heterocycles. The van der Waals surface area contributed by atoms with E-state index in [0.29, 0.717) is 0 Å². The minimum atomic E-state index is -4.07. The molecule has 2 saturated heterocycles. The number of amides is 1. The van der Waals surface area contributed by atoms with Crippen LogP contribution in [-0.2, 0) is 33.3 Å². The van der Waals surface area contributed by atoms with Gasteiger partial charge in [-0.1, -0.05) is 17.7 Å². The Labute approximate surface area is 177 Å². The predicted molar refractivity (Wildman–Crippen MR) is 107 cm³/mol. The van der Waals surface area contributed by atoms with E-state index in [-0.39, 0.29) is 25.1 Å². The Morgan fingerprint density at radius 2 is 1.90 bits per heavy atom. The number of rotatable bonds is 6. The van der Waals surface area contributed by atoms with E-state index in [2.05, 4.69) is 0 Å². The van der Waals surface area contributed by atoms with Gasteiger partial charge in [0.1, 0.15) is 36.6 Å². The second-order valence-electron chi connectivity index (χ2n) is 8.46. The first kappa shape index (κ1) is 22.5. The van der Waals surface area contributed by atoms with Crippen molar-refractivity contribution < 1.29 is 37.8 Å². The molecule has 1 aromatic carbocycles. The van der Waals surface area contributed by atoms with Gasteiger partial charge in [-0.25, -0.2) is 4.79 Å². The Morgan fingerprint density at radius 1 is 1.27 bits per heavy atom. The third-order valence-electron chi connectivity index (χ3n) is 4.72. The van der Waals surface area contributed by atoms with Gasteiger partial charge in [-0.15, -0.1) is 0 Å². The maximum Gasteiger partial charge on any atom is 0.410 e. The molecule has 3 rings (SSSR count). The molecule has 0 radical (unpaired) electrons. The summed E-state index contributed by atoms with van der Waals surface area (Å²) in [5.41, 5.74) is 0.194. The summed E-state index contributed by atoms with van der Waals surface area (Å²) in [6.07, 6.45) is -2.18. The molecule has 0 aromatic heterocycles. The SMILES string of the molecule is CC(=O)O[C@H](COS(=O)(=O)c1ccc(C)cc1)C1[C@@H]2O[C@@H]2CN1C(=O)OC(C)(C)C.[HH]. The van der Waals surface area contributed by atoms with Crippen LogP contribution in [0.2, 0.25) is 0 Å². The van der Waals surface area contributed by atoms with Gasteiger partial charge in [0.15, 0.2) is 0 Å². The first-order valence-corrected chi connectivity index (χ1v) is 11.1. The van der Waals surface area contributed by atoms with Crippen molar-refractivity contribution in [1.29, 1.82) is 0 Å². The molecule has 1 amide bonds. The highest BCUT2D eigenvalue weighted by Crippen LogP contribution is 2.39. The number of carbonyl (C=O) groups is 2. The Bertz CT molecular complexity index is 912. The lowest BCUT2D eigenvalue weighted by atomic mass is 10.1. The number of fused-ring (bicyclic) bond motifs is 1. The summed E-state index contributed by atoms with van der Waals surface area (Å²) in [5.74, 6) is -0.621. The number of nitrogens with zero attached hydrogens (tertiary/aromatic N) is 1. The zero-order valence-corrected chi connectivity index (χ0v) is 18.5. The normalized spacial score (nSPS) is 24.2. The average molecular weight is 444 g/mol. The molecular formula is C20H29NO8S. The van der Waals surface area contributed by atoms with Crippen LogP contribution < -0.4 is 0 Å². The summed E-state index contributed by atoms with van der Waals surface area (Å²) in [7, 11) is -4.07. The molecule has 2 aliphatic rings. The van der Waals surface area contributed by atoms with Crippen LogP contribution in [0, 0.1) is 6.92 Å². The van der Waals surface area contributed by atoms with Crippen LogP contribution in [0.25, 0.3) is 0 Å². The van der Waals surface area contributed by atoms with E-state index < -0.39 is 46.5 Å². The van der Waals surface area contributed by atoms with Gasteiger partial charge in [0.05, 0.1) is 11.4 Å². The quantitative estimate of drug-likeness (QED) is 0.374. The van der Waals surface area contributed by atoms with Crippen molar-refractivity contribution >= 4 is 22.2 Å². The molecule has 0 N–H and O–H groups in total. The lowest BCUT2D eigenvalue weighted by Gasteiger charge is -2.33. The third kappa shape index (κ3) is 5.30. The Hall–Kier alpha value is -2.17. The third-order valence-corrected chi connectivity index (χ3v) is 6.01. The molecule has 1 unspecified atom stereocenters.